The van der Waals surface area contributed by atoms with Crippen molar-refractivity contribution in [1.29, 1.82) is 0 Å². The molecule has 2 rings (SSSR count). The summed E-state index contributed by atoms with van der Waals surface area (Å²) in [6.07, 6.45) is 2.70. The molecule has 0 aromatic carbocycles. The number of rotatable bonds is 5. The quantitative estimate of drug-likeness (QED) is 0.872. The fourth-order valence-electron chi connectivity index (χ4n) is 1.91. The molecule has 2 nitrogen and oxygen atoms in total. The number of thiophene rings is 1. The van der Waals surface area contributed by atoms with Gasteiger partial charge in [0.15, 0.2) is 0 Å². The number of hydrogen-bond acceptors (Lipinski definition) is 3. The molecule has 96 valence electrons. The first-order valence-corrected chi connectivity index (χ1v) is 7.37. The fourth-order valence-corrected chi connectivity index (χ4v) is 2.64. The lowest BCUT2D eigenvalue weighted by molar-refractivity contribution is 0.186. The van der Waals surface area contributed by atoms with E-state index >= 15 is 0 Å². The van der Waals surface area contributed by atoms with Gasteiger partial charge < -0.3 is 5.73 Å². The van der Waals surface area contributed by atoms with Gasteiger partial charge in [0.2, 0.25) is 0 Å². The van der Waals surface area contributed by atoms with E-state index in [0.29, 0.717) is 0 Å². The van der Waals surface area contributed by atoms with Gasteiger partial charge in [-0.3, -0.25) is 4.90 Å². The van der Waals surface area contributed by atoms with E-state index in [2.05, 4.69) is 43.2 Å². The summed E-state index contributed by atoms with van der Waals surface area (Å²) < 4.78 is 0. The van der Waals surface area contributed by atoms with Gasteiger partial charge in [-0.1, -0.05) is 26.8 Å². The highest BCUT2D eigenvalue weighted by Crippen LogP contribution is 2.30. The largest absolute Gasteiger partial charge is 0.326 e. The van der Waals surface area contributed by atoms with Gasteiger partial charge in [-0.15, -0.1) is 11.3 Å². The van der Waals surface area contributed by atoms with E-state index in [1.54, 1.807) is 0 Å². The van der Waals surface area contributed by atoms with Crippen molar-refractivity contribution in [3.8, 4) is 0 Å². The normalized spacial score (nSPS) is 18.6. The first-order chi connectivity index (χ1) is 7.97. The first-order valence-electron chi connectivity index (χ1n) is 6.49. The van der Waals surface area contributed by atoms with Crippen LogP contribution >= 0.6 is 11.3 Å². The van der Waals surface area contributed by atoms with Crippen LogP contribution < -0.4 is 5.73 Å². The van der Waals surface area contributed by atoms with E-state index < -0.39 is 0 Å². The molecule has 1 atom stereocenters. The summed E-state index contributed by atoms with van der Waals surface area (Å²) in [4.78, 5) is 4.03. The minimum atomic E-state index is 0.197. The summed E-state index contributed by atoms with van der Waals surface area (Å²) >= 11 is 1.85. The molecule has 0 amide bonds. The maximum Gasteiger partial charge on any atom is 0.0331 e. The monoisotopic (exact) mass is 252 g/mol. The van der Waals surface area contributed by atoms with Crippen LogP contribution in [-0.4, -0.2) is 23.5 Å². The minimum absolute atomic E-state index is 0.197. The van der Waals surface area contributed by atoms with Crippen LogP contribution in [0.4, 0.5) is 0 Å². The zero-order valence-corrected chi connectivity index (χ0v) is 12.0. The Morgan fingerprint density at radius 3 is 2.65 bits per heavy atom. The Bertz CT molecular complexity index is 336. The van der Waals surface area contributed by atoms with Crippen LogP contribution in [0.3, 0.4) is 0 Å². The summed E-state index contributed by atoms with van der Waals surface area (Å²) in [5.74, 6) is 0. The second kappa shape index (κ2) is 5.09. The highest BCUT2D eigenvalue weighted by molar-refractivity contribution is 7.09. The fraction of sp³-hybridized carbons (Fsp3) is 0.714. The molecule has 1 aliphatic carbocycles. The number of nitrogens with two attached hydrogens (primary N) is 1. The van der Waals surface area contributed by atoms with E-state index in [1.807, 2.05) is 11.3 Å². The van der Waals surface area contributed by atoms with Gasteiger partial charge >= 0.3 is 0 Å². The Kier molecular flexibility index (Phi) is 3.91. The molecule has 1 aliphatic rings. The average Bonchev–Trinajstić information content (AvgIpc) is 2.95. The standard InChI is InChI=1S/C14H24N2S/c1-14(2,3)13(15)10-16(11-6-7-11)9-12-5-4-8-17-12/h4-5,8,11,13H,6-7,9-10,15H2,1-3H3/t13-/m1/s1. The van der Waals surface area contributed by atoms with E-state index in [9.17, 15) is 0 Å². The van der Waals surface area contributed by atoms with Crippen LogP contribution in [0.25, 0.3) is 0 Å². The van der Waals surface area contributed by atoms with Gasteiger partial charge in [-0.05, 0) is 29.7 Å². The number of nitrogens with zero attached hydrogens (tertiary/aromatic N) is 1. The molecule has 1 fully saturated rings. The summed E-state index contributed by atoms with van der Waals surface area (Å²) in [5, 5.41) is 2.16. The molecule has 1 heterocycles. The SMILES string of the molecule is CC(C)(C)[C@H](N)CN(Cc1cccs1)C1CC1. The van der Waals surface area contributed by atoms with Crippen LogP contribution in [0.5, 0.6) is 0 Å². The van der Waals surface area contributed by atoms with Crippen LogP contribution in [0, 0.1) is 5.41 Å². The van der Waals surface area contributed by atoms with E-state index in [0.717, 1.165) is 19.1 Å². The molecule has 0 saturated heterocycles. The summed E-state index contributed by atoms with van der Waals surface area (Å²) in [5.41, 5.74) is 6.50. The molecular weight excluding hydrogens is 228 g/mol. The maximum absolute atomic E-state index is 6.31. The Labute approximate surface area is 109 Å². The zero-order chi connectivity index (χ0) is 12.5. The van der Waals surface area contributed by atoms with Gasteiger partial charge in [0.1, 0.15) is 0 Å². The Hall–Kier alpha value is -0.380. The van der Waals surface area contributed by atoms with Crippen molar-refractivity contribution in [3.63, 3.8) is 0 Å². The highest BCUT2D eigenvalue weighted by Gasteiger charge is 2.32. The van der Waals surface area contributed by atoms with Gasteiger partial charge in [0, 0.05) is 30.1 Å². The van der Waals surface area contributed by atoms with Gasteiger partial charge in [-0.25, -0.2) is 0 Å². The van der Waals surface area contributed by atoms with Gasteiger partial charge in [0.05, 0.1) is 0 Å². The maximum atomic E-state index is 6.31. The molecule has 0 aliphatic heterocycles. The predicted molar refractivity (Wildman–Crippen MR) is 75.2 cm³/mol. The Morgan fingerprint density at radius 1 is 1.47 bits per heavy atom. The predicted octanol–water partition coefficient (Wildman–Crippen LogP) is 3.09. The third-order valence-electron chi connectivity index (χ3n) is 3.55. The van der Waals surface area contributed by atoms with E-state index in [-0.39, 0.29) is 11.5 Å². The lowest BCUT2D eigenvalue weighted by Crippen LogP contribution is -2.45. The molecule has 0 unspecified atom stereocenters. The van der Waals surface area contributed by atoms with E-state index in [1.165, 1.54) is 17.7 Å². The highest BCUT2D eigenvalue weighted by atomic mass is 32.1. The molecule has 1 aromatic heterocycles. The molecule has 0 bridgehead atoms. The van der Waals surface area contributed by atoms with Crippen molar-refractivity contribution < 1.29 is 0 Å². The second-order valence-corrected chi connectivity index (χ2v) is 7.24. The third-order valence-corrected chi connectivity index (χ3v) is 4.41. The van der Waals surface area contributed by atoms with Crippen molar-refractivity contribution in [1.82, 2.24) is 4.90 Å². The van der Waals surface area contributed by atoms with Crippen molar-refractivity contribution in [2.24, 2.45) is 11.1 Å². The average molecular weight is 252 g/mol. The minimum Gasteiger partial charge on any atom is -0.326 e. The summed E-state index contributed by atoms with van der Waals surface area (Å²) in [7, 11) is 0. The summed E-state index contributed by atoms with van der Waals surface area (Å²) in [6.45, 7) is 8.79. The smallest absolute Gasteiger partial charge is 0.0331 e. The van der Waals surface area contributed by atoms with Crippen molar-refractivity contribution >= 4 is 11.3 Å². The Morgan fingerprint density at radius 2 is 2.18 bits per heavy atom. The summed E-state index contributed by atoms with van der Waals surface area (Å²) in [6, 6.07) is 5.39. The molecule has 17 heavy (non-hydrogen) atoms. The van der Waals surface area contributed by atoms with Gasteiger partial charge in [-0.2, -0.15) is 0 Å². The second-order valence-electron chi connectivity index (χ2n) is 6.21. The zero-order valence-electron chi connectivity index (χ0n) is 11.1. The third kappa shape index (κ3) is 3.80. The lowest BCUT2D eigenvalue weighted by atomic mass is 9.87. The molecule has 2 N–H and O–H groups in total. The molecule has 0 radical (unpaired) electrons. The molecule has 1 aromatic rings. The van der Waals surface area contributed by atoms with Crippen LogP contribution in [0.15, 0.2) is 17.5 Å². The molecule has 0 spiro atoms. The molecular formula is C14H24N2S. The van der Waals surface area contributed by atoms with Crippen molar-refractivity contribution in [2.75, 3.05) is 6.54 Å². The molecule has 1 saturated carbocycles. The lowest BCUT2D eigenvalue weighted by Gasteiger charge is -2.32. The van der Waals surface area contributed by atoms with Crippen LogP contribution in [-0.2, 0) is 6.54 Å². The van der Waals surface area contributed by atoms with Crippen LogP contribution in [0.2, 0.25) is 0 Å². The van der Waals surface area contributed by atoms with Gasteiger partial charge in [0.25, 0.3) is 0 Å². The van der Waals surface area contributed by atoms with Crippen LogP contribution in [0.1, 0.15) is 38.5 Å². The van der Waals surface area contributed by atoms with E-state index in [4.69, 9.17) is 5.73 Å². The topological polar surface area (TPSA) is 29.3 Å². The van der Waals surface area contributed by atoms with Crippen molar-refractivity contribution in [2.45, 2.75) is 52.2 Å². The Balaban J connectivity index is 1.94. The van der Waals surface area contributed by atoms with Crippen molar-refractivity contribution in [3.05, 3.63) is 22.4 Å². The molecule has 3 heteroatoms. The number of hydrogen-bond donors (Lipinski definition) is 1. The first kappa shape index (κ1) is 13.1.